The van der Waals surface area contributed by atoms with Gasteiger partial charge in [-0.05, 0) is 51.8 Å². The van der Waals surface area contributed by atoms with Gasteiger partial charge in [-0.25, -0.2) is 0 Å². The minimum Gasteiger partial charge on any atom is -0.485 e. The second-order valence-corrected chi connectivity index (χ2v) is 6.50. The molecule has 2 nitrogen and oxygen atoms in total. The Hall–Kier alpha value is -0.740. The van der Waals surface area contributed by atoms with Crippen molar-refractivity contribution in [3.8, 4) is 5.75 Å². The highest BCUT2D eigenvalue weighted by molar-refractivity contribution is 9.10. The summed E-state index contributed by atoms with van der Waals surface area (Å²) in [6.07, 6.45) is 0.633. The van der Waals surface area contributed by atoms with E-state index in [4.69, 9.17) is 33.7 Å². The first kappa shape index (κ1) is 14.2. The van der Waals surface area contributed by atoms with Gasteiger partial charge in [0.25, 0.3) is 0 Å². The molecule has 0 fully saturated rings. The monoisotopic (exact) mass is 371 g/mol. The Labute approximate surface area is 136 Å². The molecule has 0 saturated heterocycles. The molecule has 5 heteroatoms. The maximum absolute atomic E-state index is 6.23. The summed E-state index contributed by atoms with van der Waals surface area (Å²) in [5.41, 5.74) is 8.25. The first-order chi connectivity index (χ1) is 9.54. The van der Waals surface area contributed by atoms with Gasteiger partial charge < -0.3 is 10.5 Å². The number of fused-ring (bicyclic) bond motifs is 1. The van der Waals surface area contributed by atoms with Gasteiger partial charge in [-0.15, -0.1) is 0 Å². The molecule has 2 aromatic carbocycles. The van der Waals surface area contributed by atoms with Crippen LogP contribution in [0.3, 0.4) is 0 Å². The Morgan fingerprint density at radius 2 is 1.95 bits per heavy atom. The highest BCUT2D eigenvalue weighted by atomic mass is 79.9. The van der Waals surface area contributed by atoms with E-state index >= 15 is 0 Å². The van der Waals surface area contributed by atoms with Crippen LogP contribution in [0.5, 0.6) is 5.75 Å². The summed E-state index contributed by atoms with van der Waals surface area (Å²) >= 11 is 15.5. The highest BCUT2D eigenvalue weighted by Gasteiger charge is 2.27. The molecule has 2 atom stereocenters. The SMILES string of the molecule is NC1CC(c2ccc(Cl)c(Br)c2)Oc2ccc(Cl)cc21. The van der Waals surface area contributed by atoms with Crippen LogP contribution in [0.1, 0.15) is 29.7 Å². The zero-order valence-corrected chi connectivity index (χ0v) is 13.5. The molecule has 1 aliphatic heterocycles. The molecule has 104 valence electrons. The number of nitrogens with two attached hydrogens (primary N) is 1. The Bertz CT molecular complexity index is 662. The van der Waals surface area contributed by atoms with Crippen LogP contribution in [0, 0.1) is 0 Å². The van der Waals surface area contributed by atoms with E-state index in [1.165, 1.54) is 0 Å². The van der Waals surface area contributed by atoms with E-state index in [9.17, 15) is 0 Å². The zero-order chi connectivity index (χ0) is 14.3. The van der Waals surface area contributed by atoms with Crippen molar-refractivity contribution in [3.05, 3.63) is 62.0 Å². The van der Waals surface area contributed by atoms with Gasteiger partial charge in [0.2, 0.25) is 0 Å². The van der Waals surface area contributed by atoms with Crippen molar-refractivity contribution in [2.24, 2.45) is 5.73 Å². The average molecular weight is 373 g/mol. The van der Waals surface area contributed by atoms with Crippen LogP contribution in [-0.4, -0.2) is 0 Å². The second-order valence-electron chi connectivity index (χ2n) is 4.80. The molecule has 2 unspecified atom stereocenters. The molecule has 0 radical (unpaired) electrons. The number of ether oxygens (including phenoxy) is 1. The summed E-state index contributed by atoms with van der Waals surface area (Å²) in [6.45, 7) is 0. The first-order valence-electron chi connectivity index (χ1n) is 6.21. The zero-order valence-electron chi connectivity index (χ0n) is 10.4. The van der Waals surface area contributed by atoms with Gasteiger partial charge in [-0.1, -0.05) is 29.3 Å². The maximum atomic E-state index is 6.23. The number of hydrogen-bond acceptors (Lipinski definition) is 2. The third-order valence-electron chi connectivity index (χ3n) is 3.42. The van der Waals surface area contributed by atoms with Crippen LogP contribution in [0.4, 0.5) is 0 Å². The van der Waals surface area contributed by atoms with Crippen molar-refractivity contribution in [3.63, 3.8) is 0 Å². The summed E-state index contributed by atoms with van der Waals surface area (Å²) < 4.78 is 6.89. The molecule has 1 heterocycles. The van der Waals surface area contributed by atoms with Crippen LogP contribution >= 0.6 is 39.1 Å². The minimum atomic E-state index is -0.0862. The lowest BCUT2D eigenvalue weighted by Crippen LogP contribution is -2.24. The molecular weight excluding hydrogens is 361 g/mol. The Morgan fingerprint density at radius 1 is 1.15 bits per heavy atom. The topological polar surface area (TPSA) is 35.2 Å². The van der Waals surface area contributed by atoms with Gasteiger partial charge in [0.15, 0.2) is 0 Å². The van der Waals surface area contributed by atoms with Crippen LogP contribution < -0.4 is 10.5 Å². The Kier molecular flexibility index (Phi) is 3.95. The molecule has 2 aromatic rings. The van der Waals surface area contributed by atoms with E-state index in [-0.39, 0.29) is 12.1 Å². The van der Waals surface area contributed by atoms with Crippen LogP contribution in [0.25, 0.3) is 0 Å². The van der Waals surface area contributed by atoms with Gasteiger partial charge >= 0.3 is 0 Å². The Morgan fingerprint density at radius 3 is 2.70 bits per heavy atom. The lowest BCUT2D eigenvalue weighted by molar-refractivity contribution is 0.161. The fourth-order valence-electron chi connectivity index (χ4n) is 2.39. The summed E-state index contributed by atoms with van der Waals surface area (Å²) in [6, 6.07) is 11.3. The first-order valence-corrected chi connectivity index (χ1v) is 7.76. The van der Waals surface area contributed by atoms with Crippen molar-refractivity contribution in [2.45, 2.75) is 18.6 Å². The quantitative estimate of drug-likeness (QED) is 0.738. The lowest BCUT2D eigenvalue weighted by Gasteiger charge is -2.30. The third-order valence-corrected chi connectivity index (χ3v) is 4.87. The van der Waals surface area contributed by atoms with E-state index in [0.717, 1.165) is 21.3 Å². The molecule has 3 rings (SSSR count). The molecule has 2 N–H and O–H groups in total. The summed E-state index contributed by atoms with van der Waals surface area (Å²) in [7, 11) is 0. The predicted octanol–water partition coefficient (Wildman–Crippen LogP) is 5.28. The summed E-state index contributed by atoms with van der Waals surface area (Å²) in [5.74, 6) is 0.796. The van der Waals surface area contributed by atoms with Crippen molar-refractivity contribution in [1.29, 1.82) is 0 Å². The fraction of sp³-hybridized carbons (Fsp3) is 0.200. The molecule has 0 aliphatic carbocycles. The molecule has 20 heavy (non-hydrogen) atoms. The third kappa shape index (κ3) is 2.68. The van der Waals surface area contributed by atoms with Crippen LogP contribution in [0.15, 0.2) is 40.9 Å². The van der Waals surface area contributed by atoms with Crippen LogP contribution in [0.2, 0.25) is 10.0 Å². The molecular formula is C15H12BrCl2NO. The predicted molar refractivity (Wildman–Crippen MR) is 85.5 cm³/mol. The standard InChI is InChI=1S/C15H12BrCl2NO/c16-11-5-8(1-3-12(11)18)15-7-13(19)10-6-9(17)2-4-14(10)20-15/h1-6,13,15H,7,19H2. The second kappa shape index (κ2) is 5.57. The van der Waals surface area contributed by atoms with Gasteiger partial charge in [0.05, 0.1) is 5.02 Å². The lowest BCUT2D eigenvalue weighted by atomic mass is 9.94. The van der Waals surface area contributed by atoms with E-state index in [1.54, 1.807) is 0 Å². The minimum absolute atomic E-state index is 0.0766. The number of halogens is 3. The summed E-state index contributed by atoms with van der Waals surface area (Å²) in [4.78, 5) is 0. The van der Waals surface area contributed by atoms with Gasteiger partial charge in [-0.2, -0.15) is 0 Å². The smallest absolute Gasteiger partial charge is 0.126 e. The number of rotatable bonds is 1. The molecule has 1 aliphatic rings. The van der Waals surface area contributed by atoms with Crippen LogP contribution in [-0.2, 0) is 0 Å². The maximum Gasteiger partial charge on any atom is 0.126 e. The van der Waals surface area contributed by atoms with Gasteiger partial charge in [0, 0.05) is 27.5 Å². The van der Waals surface area contributed by atoms with Crippen molar-refractivity contribution >= 4 is 39.1 Å². The van der Waals surface area contributed by atoms with Crippen molar-refractivity contribution in [2.75, 3.05) is 0 Å². The molecule has 0 aromatic heterocycles. The van der Waals surface area contributed by atoms with Crippen molar-refractivity contribution in [1.82, 2.24) is 0 Å². The fourth-order valence-corrected chi connectivity index (χ4v) is 3.09. The van der Waals surface area contributed by atoms with E-state index < -0.39 is 0 Å². The van der Waals surface area contributed by atoms with E-state index in [1.807, 2.05) is 36.4 Å². The number of hydrogen-bond donors (Lipinski definition) is 1. The molecule has 0 spiro atoms. The molecule has 0 saturated carbocycles. The van der Waals surface area contributed by atoms with Gasteiger partial charge in [0.1, 0.15) is 11.9 Å². The Balaban J connectivity index is 1.94. The number of benzene rings is 2. The van der Waals surface area contributed by atoms with Crippen molar-refractivity contribution < 1.29 is 4.74 Å². The average Bonchev–Trinajstić information content (AvgIpc) is 2.42. The molecule has 0 amide bonds. The summed E-state index contributed by atoms with van der Waals surface area (Å²) in [5, 5.41) is 1.36. The van der Waals surface area contributed by atoms with Gasteiger partial charge in [-0.3, -0.25) is 0 Å². The highest BCUT2D eigenvalue weighted by Crippen LogP contribution is 2.41. The largest absolute Gasteiger partial charge is 0.485 e. The van der Waals surface area contributed by atoms with E-state index in [0.29, 0.717) is 16.5 Å². The van der Waals surface area contributed by atoms with E-state index in [2.05, 4.69) is 15.9 Å². The molecule has 0 bridgehead atoms. The normalized spacial score (nSPS) is 21.2.